The van der Waals surface area contributed by atoms with Gasteiger partial charge < -0.3 is 14.6 Å². The van der Waals surface area contributed by atoms with Crippen LogP contribution in [0.4, 0.5) is 13.2 Å². The highest BCUT2D eigenvalue weighted by Gasteiger charge is 2.43. The SMILES string of the molecule is COc1ccc(C(F)(F)F)c(C(CC(=O)O)C2CC2)c1OC. The lowest BCUT2D eigenvalue weighted by atomic mass is 9.86. The summed E-state index contributed by atoms with van der Waals surface area (Å²) in [4.78, 5) is 11.1. The highest BCUT2D eigenvalue weighted by atomic mass is 19.4. The van der Waals surface area contributed by atoms with E-state index in [-0.39, 0.29) is 29.4 Å². The average Bonchev–Trinajstić information content (AvgIpc) is 3.26. The van der Waals surface area contributed by atoms with Gasteiger partial charge in [-0.3, -0.25) is 4.79 Å². The summed E-state index contributed by atoms with van der Waals surface area (Å²) in [6, 6.07) is 2.11. The highest BCUT2D eigenvalue weighted by Crippen LogP contribution is 2.52. The van der Waals surface area contributed by atoms with Crippen molar-refractivity contribution >= 4 is 5.97 Å². The molecule has 1 aliphatic carbocycles. The minimum absolute atomic E-state index is 0.0320. The zero-order valence-corrected chi connectivity index (χ0v) is 12.2. The number of ether oxygens (including phenoxy) is 2. The normalized spacial score (nSPS) is 16.2. The Morgan fingerprint density at radius 1 is 1.32 bits per heavy atom. The van der Waals surface area contributed by atoms with Crippen LogP contribution in [0.3, 0.4) is 0 Å². The first-order chi connectivity index (χ1) is 10.3. The summed E-state index contributed by atoms with van der Waals surface area (Å²) >= 11 is 0. The molecule has 22 heavy (non-hydrogen) atoms. The zero-order chi connectivity index (χ0) is 16.5. The monoisotopic (exact) mass is 318 g/mol. The molecule has 1 N–H and O–H groups in total. The number of methoxy groups -OCH3 is 2. The maximum absolute atomic E-state index is 13.3. The molecule has 0 heterocycles. The number of carboxylic acid groups (broad SMARTS) is 1. The van der Waals surface area contributed by atoms with Crippen molar-refractivity contribution in [1.82, 2.24) is 0 Å². The standard InChI is InChI=1S/C15H17F3O4/c1-21-11-6-5-10(15(16,17)18)13(14(11)22-2)9(7-12(19)20)8-3-4-8/h5-6,8-9H,3-4,7H2,1-2H3,(H,19,20). The van der Waals surface area contributed by atoms with Crippen molar-refractivity contribution in [2.45, 2.75) is 31.4 Å². The van der Waals surface area contributed by atoms with E-state index < -0.39 is 23.6 Å². The third kappa shape index (κ3) is 3.28. The van der Waals surface area contributed by atoms with Crippen molar-refractivity contribution < 1.29 is 32.5 Å². The molecule has 7 heteroatoms. The van der Waals surface area contributed by atoms with Gasteiger partial charge in [0.2, 0.25) is 0 Å². The van der Waals surface area contributed by atoms with Crippen LogP contribution in [-0.4, -0.2) is 25.3 Å². The van der Waals surface area contributed by atoms with Gasteiger partial charge in [0.15, 0.2) is 11.5 Å². The smallest absolute Gasteiger partial charge is 0.416 e. The molecule has 0 aliphatic heterocycles. The second kappa shape index (κ2) is 6.06. The van der Waals surface area contributed by atoms with E-state index in [0.29, 0.717) is 0 Å². The molecule has 2 rings (SSSR count). The Kier molecular flexibility index (Phi) is 4.53. The lowest BCUT2D eigenvalue weighted by molar-refractivity contribution is -0.141. The predicted molar refractivity (Wildman–Crippen MR) is 72.3 cm³/mol. The maximum Gasteiger partial charge on any atom is 0.416 e. The fourth-order valence-electron chi connectivity index (χ4n) is 2.76. The average molecular weight is 318 g/mol. The largest absolute Gasteiger partial charge is 0.493 e. The number of alkyl halides is 3. The number of hydrogen-bond donors (Lipinski definition) is 1. The van der Waals surface area contributed by atoms with Crippen LogP contribution in [0.25, 0.3) is 0 Å². The molecule has 122 valence electrons. The summed E-state index contributed by atoms with van der Waals surface area (Å²) in [6.07, 6.45) is -3.51. The Hall–Kier alpha value is -1.92. The third-order valence-corrected chi connectivity index (χ3v) is 3.85. The summed E-state index contributed by atoms with van der Waals surface area (Å²) in [5, 5.41) is 9.05. The first kappa shape index (κ1) is 16.5. The lowest BCUT2D eigenvalue weighted by Gasteiger charge is -2.24. The minimum Gasteiger partial charge on any atom is -0.493 e. The van der Waals surface area contributed by atoms with Crippen LogP contribution in [0.15, 0.2) is 12.1 Å². The van der Waals surface area contributed by atoms with Crippen LogP contribution in [0.2, 0.25) is 0 Å². The molecule has 1 unspecified atom stereocenters. The number of benzene rings is 1. The van der Waals surface area contributed by atoms with E-state index in [1.165, 1.54) is 20.3 Å². The third-order valence-electron chi connectivity index (χ3n) is 3.85. The van der Waals surface area contributed by atoms with Gasteiger partial charge in [0.25, 0.3) is 0 Å². The van der Waals surface area contributed by atoms with Crippen LogP contribution < -0.4 is 9.47 Å². The molecule has 1 saturated carbocycles. The molecule has 4 nitrogen and oxygen atoms in total. The van der Waals surface area contributed by atoms with Crippen LogP contribution in [0, 0.1) is 5.92 Å². The molecule has 1 aromatic rings. The summed E-state index contributed by atoms with van der Waals surface area (Å²) < 4.78 is 50.2. The number of rotatable bonds is 6. The Bertz CT molecular complexity index is 565. The van der Waals surface area contributed by atoms with Gasteiger partial charge in [-0.1, -0.05) is 0 Å². The Balaban J connectivity index is 2.64. The van der Waals surface area contributed by atoms with E-state index in [1.54, 1.807) is 0 Å². The molecular formula is C15H17F3O4. The van der Waals surface area contributed by atoms with Crippen molar-refractivity contribution in [3.63, 3.8) is 0 Å². The topological polar surface area (TPSA) is 55.8 Å². The zero-order valence-electron chi connectivity index (χ0n) is 12.2. The number of halogens is 3. The fourth-order valence-corrected chi connectivity index (χ4v) is 2.76. The van der Waals surface area contributed by atoms with Gasteiger partial charge in [-0.15, -0.1) is 0 Å². The van der Waals surface area contributed by atoms with Gasteiger partial charge in [-0.25, -0.2) is 0 Å². The van der Waals surface area contributed by atoms with Gasteiger partial charge in [0.05, 0.1) is 26.2 Å². The molecule has 0 amide bonds. The van der Waals surface area contributed by atoms with Gasteiger partial charge in [0, 0.05) is 11.5 Å². The van der Waals surface area contributed by atoms with Gasteiger partial charge >= 0.3 is 12.1 Å². The van der Waals surface area contributed by atoms with E-state index in [9.17, 15) is 18.0 Å². The Labute approximate surface area is 125 Å². The summed E-state index contributed by atoms with van der Waals surface area (Å²) in [7, 11) is 2.59. The summed E-state index contributed by atoms with van der Waals surface area (Å²) in [6.45, 7) is 0. The molecule has 0 bridgehead atoms. The van der Waals surface area contributed by atoms with Gasteiger partial charge in [-0.05, 0) is 30.9 Å². The Morgan fingerprint density at radius 3 is 2.36 bits per heavy atom. The van der Waals surface area contributed by atoms with E-state index in [2.05, 4.69) is 0 Å². The molecule has 0 aromatic heterocycles. The molecular weight excluding hydrogens is 301 g/mol. The second-order valence-electron chi connectivity index (χ2n) is 5.30. The predicted octanol–water partition coefficient (Wildman–Crippen LogP) is 3.69. The molecule has 1 aliphatic rings. The molecule has 0 saturated heterocycles. The minimum atomic E-state index is -4.58. The second-order valence-corrected chi connectivity index (χ2v) is 5.30. The van der Waals surface area contributed by atoms with Gasteiger partial charge in [0.1, 0.15) is 0 Å². The van der Waals surface area contributed by atoms with E-state index in [0.717, 1.165) is 18.9 Å². The van der Waals surface area contributed by atoms with Gasteiger partial charge in [-0.2, -0.15) is 13.2 Å². The van der Waals surface area contributed by atoms with E-state index in [4.69, 9.17) is 14.6 Å². The quantitative estimate of drug-likeness (QED) is 0.869. The molecule has 1 aromatic carbocycles. The van der Waals surface area contributed by atoms with Crippen LogP contribution >= 0.6 is 0 Å². The van der Waals surface area contributed by atoms with Crippen molar-refractivity contribution in [1.29, 1.82) is 0 Å². The molecule has 0 spiro atoms. The van der Waals surface area contributed by atoms with Crippen molar-refractivity contribution in [2.24, 2.45) is 5.92 Å². The molecule has 0 radical (unpaired) electrons. The van der Waals surface area contributed by atoms with E-state index >= 15 is 0 Å². The van der Waals surface area contributed by atoms with Crippen molar-refractivity contribution in [2.75, 3.05) is 14.2 Å². The number of aliphatic carboxylic acids is 1. The number of carbonyl (C=O) groups is 1. The first-order valence-corrected chi connectivity index (χ1v) is 6.83. The summed E-state index contributed by atoms with van der Waals surface area (Å²) in [5.74, 6) is -1.80. The highest BCUT2D eigenvalue weighted by molar-refractivity contribution is 5.69. The van der Waals surface area contributed by atoms with E-state index in [1.807, 2.05) is 0 Å². The number of hydrogen-bond acceptors (Lipinski definition) is 3. The Morgan fingerprint density at radius 2 is 1.95 bits per heavy atom. The first-order valence-electron chi connectivity index (χ1n) is 6.83. The molecule has 1 fully saturated rings. The number of carboxylic acids is 1. The van der Waals surface area contributed by atoms with Crippen LogP contribution in [0.5, 0.6) is 11.5 Å². The fraction of sp³-hybridized carbons (Fsp3) is 0.533. The van der Waals surface area contributed by atoms with Crippen LogP contribution in [0.1, 0.15) is 36.3 Å². The maximum atomic E-state index is 13.3. The molecule has 1 atom stereocenters. The summed E-state index contributed by atoms with van der Waals surface area (Å²) in [5.41, 5.74) is -0.970. The van der Waals surface area contributed by atoms with Crippen molar-refractivity contribution in [3.8, 4) is 11.5 Å². The van der Waals surface area contributed by atoms with Crippen molar-refractivity contribution in [3.05, 3.63) is 23.3 Å². The lowest BCUT2D eigenvalue weighted by Crippen LogP contribution is -2.17. The van der Waals surface area contributed by atoms with Crippen LogP contribution in [-0.2, 0) is 11.0 Å².